The number of thiocarbonyl (C=S) groups is 1. The molecule has 0 atom stereocenters. The highest BCUT2D eigenvalue weighted by Crippen LogP contribution is 2.17. The van der Waals surface area contributed by atoms with E-state index in [-0.39, 0.29) is 12.5 Å². The van der Waals surface area contributed by atoms with Gasteiger partial charge in [0.25, 0.3) is 5.91 Å². The van der Waals surface area contributed by atoms with Crippen molar-refractivity contribution < 1.29 is 9.53 Å². The topological polar surface area (TPSA) is 62.4 Å². The van der Waals surface area contributed by atoms with Gasteiger partial charge in [0.15, 0.2) is 11.7 Å². The van der Waals surface area contributed by atoms with Crippen molar-refractivity contribution in [2.45, 2.75) is 45.1 Å². The molecule has 1 amide bonds. The van der Waals surface area contributed by atoms with Crippen LogP contribution in [0, 0.1) is 0 Å². The Bertz CT molecular complexity index is 499. The van der Waals surface area contributed by atoms with E-state index in [2.05, 4.69) is 23.1 Å². The van der Waals surface area contributed by atoms with Gasteiger partial charge in [-0.15, -0.1) is 0 Å². The lowest BCUT2D eigenvalue weighted by molar-refractivity contribution is -0.123. The number of rotatable bonds is 5. The van der Waals surface area contributed by atoms with E-state index >= 15 is 0 Å². The van der Waals surface area contributed by atoms with Crippen LogP contribution < -0.4 is 20.9 Å². The van der Waals surface area contributed by atoms with Crippen LogP contribution in [-0.4, -0.2) is 23.7 Å². The third-order valence-electron chi connectivity index (χ3n) is 3.71. The van der Waals surface area contributed by atoms with E-state index in [0.717, 1.165) is 19.3 Å². The van der Waals surface area contributed by atoms with Gasteiger partial charge in [-0.2, -0.15) is 0 Å². The zero-order valence-corrected chi connectivity index (χ0v) is 13.7. The molecule has 0 heterocycles. The summed E-state index contributed by atoms with van der Waals surface area (Å²) in [6.07, 6.45) is 5.71. The third kappa shape index (κ3) is 5.52. The van der Waals surface area contributed by atoms with Crippen molar-refractivity contribution in [1.29, 1.82) is 0 Å². The number of benzene rings is 1. The Morgan fingerprint density at radius 3 is 2.55 bits per heavy atom. The minimum Gasteiger partial charge on any atom is -0.484 e. The Hall–Kier alpha value is -1.82. The Labute approximate surface area is 136 Å². The molecule has 1 aliphatic rings. The molecule has 22 heavy (non-hydrogen) atoms. The monoisotopic (exact) mass is 321 g/mol. The highest BCUT2D eigenvalue weighted by molar-refractivity contribution is 7.80. The van der Waals surface area contributed by atoms with Crippen LogP contribution in [0.2, 0.25) is 0 Å². The molecule has 1 aromatic rings. The average Bonchev–Trinajstić information content (AvgIpc) is 3.04. The molecule has 0 saturated heterocycles. The lowest BCUT2D eigenvalue weighted by Crippen LogP contribution is -2.50. The maximum Gasteiger partial charge on any atom is 0.276 e. The molecule has 0 unspecified atom stereocenters. The fourth-order valence-electron chi connectivity index (χ4n) is 2.42. The predicted octanol–water partition coefficient (Wildman–Crippen LogP) is 2.07. The van der Waals surface area contributed by atoms with Crippen LogP contribution in [0.15, 0.2) is 24.3 Å². The summed E-state index contributed by atoms with van der Waals surface area (Å²) >= 11 is 5.14. The number of carbonyl (C=O) groups is 1. The van der Waals surface area contributed by atoms with Crippen molar-refractivity contribution in [2.24, 2.45) is 0 Å². The van der Waals surface area contributed by atoms with E-state index in [9.17, 15) is 4.79 Å². The first-order valence-corrected chi connectivity index (χ1v) is 8.15. The normalized spacial score (nSPS) is 14.4. The Kier molecular flexibility index (Phi) is 6.45. The molecular formula is C16H23N3O2S. The number of hydrogen-bond donors (Lipinski definition) is 3. The number of aryl methyl sites for hydroxylation is 1. The van der Waals surface area contributed by atoms with Gasteiger partial charge < -0.3 is 10.1 Å². The molecule has 0 bridgehead atoms. The lowest BCUT2D eigenvalue weighted by Gasteiger charge is -2.16. The van der Waals surface area contributed by atoms with Crippen LogP contribution in [-0.2, 0) is 11.2 Å². The summed E-state index contributed by atoms with van der Waals surface area (Å²) in [7, 11) is 0. The second-order valence-electron chi connectivity index (χ2n) is 5.41. The predicted molar refractivity (Wildman–Crippen MR) is 90.6 cm³/mol. The van der Waals surface area contributed by atoms with Crippen molar-refractivity contribution in [3.05, 3.63) is 29.8 Å². The van der Waals surface area contributed by atoms with Crippen molar-refractivity contribution >= 4 is 23.2 Å². The molecule has 2 rings (SSSR count). The Balaban J connectivity index is 1.63. The molecule has 1 aliphatic carbocycles. The van der Waals surface area contributed by atoms with Gasteiger partial charge in [0.2, 0.25) is 0 Å². The fourth-order valence-corrected chi connectivity index (χ4v) is 2.64. The summed E-state index contributed by atoms with van der Waals surface area (Å²) in [6.45, 7) is 2.04. The number of nitrogens with one attached hydrogen (secondary N) is 3. The minimum atomic E-state index is -0.268. The van der Waals surface area contributed by atoms with Crippen LogP contribution in [0.3, 0.4) is 0 Å². The summed E-state index contributed by atoms with van der Waals surface area (Å²) in [6, 6.07) is 8.14. The molecule has 0 aromatic heterocycles. The van der Waals surface area contributed by atoms with Gasteiger partial charge in [0.1, 0.15) is 5.75 Å². The molecule has 0 radical (unpaired) electrons. The highest BCUT2D eigenvalue weighted by Gasteiger charge is 2.15. The van der Waals surface area contributed by atoms with Gasteiger partial charge in [-0.1, -0.05) is 31.9 Å². The molecule has 1 fully saturated rings. The summed E-state index contributed by atoms with van der Waals surface area (Å²) in [5, 5.41) is 3.64. The first kappa shape index (κ1) is 16.5. The minimum absolute atomic E-state index is 0.0511. The van der Waals surface area contributed by atoms with E-state index in [4.69, 9.17) is 17.0 Å². The largest absolute Gasteiger partial charge is 0.484 e. The van der Waals surface area contributed by atoms with Gasteiger partial charge >= 0.3 is 0 Å². The van der Waals surface area contributed by atoms with E-state index in [1.807, 2.05) is 24.3 Å². The smallest absolute Gasteiger partial charge is 0.276 e. The quantitative estimate of drug-likeness (QED) is 0.572. The maximum absolute atomic E-state index is 11.7. The standard InChI is InChI=1S/C16H23N3O2S/c1-2-12-7-9-14(10-8-12)21-11-15(20)18-19-16(22)17-13-5-3-4-6-13/h7-10,13H,2-6,11H2,1H3,(H,18,20)(H2,17,19,22). The molecule has 1 aromatic carbocycles. The van der Waals surface area contributed by atoms with E-state index < -0.39 is 0 Å². The molecule has 3 N–H and O–H groups in total. The number of hydrazine groups is 1. The SMILES string of the molecule is CCc1ccc(OCC(=O)NNC(=S)NC2CCCC2)cc1. The van der Waals surface area contributed by atoms with Gasteiger partial charge in [0, 0.05) is 6.04 Å². The Morgan fingerprint density at radius 1 is 1.23 bits per heavy atom. The molecule has 0 aliphatic heterocycles. The zero-order valence-electron chi connectivity index (χ0n) is 12.9. The van der Waals surface area contributed by atoms with Crippen LogP contribution in [0.5, 0.6) is 5.75 Å². The van der Waals surface area contributed by atoms with E-state index in [1.165, 1.54) is 18.4 Å². The summed E-state index contributed by atoms with van der Waals surface area (Å²) < 4.78 is 5.42. The van der Waals surface area contributed by atoms with E-state index in [1.54, 1.807) is 0 Å². The second kappa shape index (κ2) is 8.58. The maximum atomic E-state index is 11.7. The fraction of sp³-hybridized carbons (Fsp3) is 0.500. The summed E-state index contributed by atoms with van der Waals surface area (Å²) in [5.41, 5.74) is 6.47. The molecular weight excluding hydrogens is 298 g/mol. The Morgan fingerprint density at radius 2 is 1.91 bits per heavy atom. The van der Waals surface area contributed by atoms with Crippen LogP contribution in [0.4, 0.5) is 0 Å². The van der Waals surface area contributed by atoms with Crippen LogP contribution in [0.25, 0.3) is 0 Å². The molecule has 0 spiro atoms. The van der Waals surface area contributed by atoms with Crippen molar-refractivity contribution in [1.82, 2.24) is 16.2 Å². The van der Waals surface area contributed by atoms with Crippen molar-refractivity contribution in [3.8, 4) is 5.75 Å². The molecule has 5 nitrogen and oxygen atoms in total. The first-order valence-electron chi connectivity index (χ1n) is 7.74. The number of hydrogen-bond acceptors (Lipinski definition) is 3. The van der Waals surface area contributed by atoms with Crippen molar-refractivity contribution in [3.63, 3.8) is 0 Å². The van der Waals surface area contributed by atoms with Crippen LogP contribution in [0.1, 0.15) is 38.2 Å². The van der Waals surface area contributed by atoms with E-state index in [0.29, 0.717) is 16.9 Å². The number of carbonyl (C=O) groups excluding carboxylic acids is 1. The zero-order chi connectivity index (χ0) is 15.8. The number of amides is 1. The third-order valence-corrected chi connectivity index (χ3v) is 3.93. The van der Waals surface area contributed by atoms with Crippen LogP contribution >= 0.6 is 12.2 Å². The second-order valence-corrected chi connectivity index (χ2v) is 5.82. The van der Waals surface area contributed by atoms with Gasteiger partial charge in [-0.05, 0) is 49.2 Å². The summed E-state index contributed by atoms with van der Waals surface area (Å²) in [5.74, 6) is 0.411. The molecule has 6 heteroatoms. The van der Waals surface area contributed by atoms with Gasteiger partial charge in [-0.3, -0.25) is 15.6 Å². The first-order chi connectivity index (χ1) is 10.7. The lowest BCUT2D eigenvalue weighted by atomic mass is 10.2. The average molecular weight is 321 g/mol. The van der Waals surface area contributed by atoms with Gasteiger partial charge in [0.05, 0.1) is 0 Å². The molecule has 120 valence electrons. The highest BCUT2D eigenvalue weighted by atomic mass is 32.1. The van der Waals surface area contributed by atoms with Crippen molar-refractivity contribution in [2.75, 3.05) is 6.61 Å². The summed E-state index contributed by atoms with van der Waals surface area (Å²) in [4.78, 5) is 11.7. The number of ether oxygens (including phenoxy) is 1. The molecule has 1 saturated carbocycles. The van der Waals surface area contributed by atoms with Gasteiger partial charge in [-0.25, -0.2) is 0 Å².